The smallest absolute Gasteiger partial charge is 0.309 e. The SMILES string of the molecule is CCN(CC(=O)Nc1cc(C(C)(C)C)nn1-c1cccc(C)c1)S(=O)(=O)c1cccc(C(F)(F)F)c1. The number of nitrogens with zero attached hydrogens (tertiary/aromatic N) is 3. The fourth-order valence-corrected chi connectivity index (χ4v) is 4.94. The van der Waals surface area contributed by atoms with Gasteiger partial charge in [0.25, 0.3) is 0 Å². The maximum absolute atomic E-state index is 13.1. The highest BCUT2D eigenvalue weighted by atomic mass is 32.2. The second kappa shape index (κ2) is 10.1. The number of likely N-dealkylation sites (N-methyl/N-ethyl adjacent to an activating group) is 1. The van der Waals surface area contributed by atoms with Crippen molar-refractivity contribution in [1.29, 1.82) is 0 Å². The Labute approximate surface area is 209 Å². The molecule has 3 rings (SSSR count). The number of sulfonamides is 1. The first-order valence-corrected chi connectivity index (χ1v) is 12.7. The molecule has 0 aliphatic carbocycles. The zero-order chi connectivity index (χ0) is 26.9. The van der Waals surface area contributed by atoms with Crippen molar-refractivity contribution in [2.75, 3.05) is 18.4 Å². The molecule has 0 saturated carbocycles. The van der Waals surface area contributed by atoms with Crippen LogP contribution in [0.3, 0.4) is 0 Å². The summed E-state index contributed by atoms with van der Waals surface area (Å²) in [5.74, 6) is -0.301. The van der Waals surface area contributed by atoms with E-state index < -0.39 is 39.1 Å². The first kappa shape index (κ1) is 27.4. The molecular formula is C25H29F3N4O3S. The van der Waals surface area contributed by atoms with Gasteiger partial charge in [-0.2, -0.15) is 22.6 Å². The molecule has 0 atom stereocenters. The average molecular weight is 523 g/mol. The molecule has 0 unspecified atom stereocenters. The van der Waals surface area contributed by atoms with Crippen molar-refractivity contribution >= 4 is 21.7 Å². The summed E-state index contributed by atoms with van der Waals surface area (Å²) < 4.78 is 67.8. The van der Waals surface area contributed by atoms with Gasteiger partial charge in [-0.1, -0.05) is 45.9 Å². The van der Waals surface area contributed by atoms with Crippen LogP contribution in [0.2, 0.25) is 0 Å². The number of nitrogens with one attached hydrogen (secondary N) is 1. The number of hydrogen-bond acceptors (Lipinski definition) is 4. The molecule has 0 saturated heterocycles. The average Bonchev–Trinajstić information content (AvgIpc) is 3.21. The van der Waals surface area contributed by atoms with Gasteiger partial charge in [-0.05, 0) is 42.8 Å². The number of alkyl halides is 3. The van der Waals surface area contributed by atoms with Crippen LogP contribution in [0.4, 0.5) is 19.0 Å². The molecule has 2 aromatic carbocycles. The Morgan fingerprint density at radius 1 is 1.06 bits per heavy atom. The molecule has 0 fully saturated rings. The topological polar surface area (TPSA) is 84.3 Å². The summed E-state index contributed by atoms with van der Waals surface area (Å²) in [7, 11) is -4.36. The van der Waals surface area contributed by atoms with E-state index in [9.17, 15) is 26.4 Å². The highest BCUT2D eigenvalue weighted by Crippen LogP contribution is 2.31. The van der Waals surface area contributed by atoms with Crippen molar-refractivity contribution in [3.8, 4) is 5.69 Å². The zero-order valence-electron chi connectivity index (χ0n) is 20.7. The summed E-state index contributed by atoms with van der Waals surface area (Å²) in [6.07, 6.45) is -4.70. The van der Waals surface area contributed by atoms with Crippen LogP contribution in [-0.2, 0) is 26.4 Å². The van der Waals surface area contributed by atoms with E-state index in [-0.39, 0.29) is 12.0 Å². The molecule has 7 nitrogen and oxygen atoms in total. The lowest BCUT2D eigenvalue weighted by atomic mass is 9.92. The molecule has 1 amide bonds. The van der Waals surface area contributed by atoms with Crippen LogP contribution in [0.5, 0.6) is 0 Å². The molecule has 1 aromatic heterocycles. The van der Waals surface area contributed by atoms with Gasteiger partial charge in [0, 0.05) is 18.0 Å². The van der Waals surface area contributed by atoms with Crippen LogP contribution >= 0.6 is 0 Å². The van der Waals surface area contributed by atoms with Crippen molar-refractivity contribution in [1.82, 2.24) is 14.1 Å². The van der Waals surface area contributed by atoms with E-state index in [0.717, 1.165) is 28.1 Å². The number of rotatable bonds is 7. The normalized spacial score (nSPS) is 12.7. The van der Waals surface area contributed by atoms with Crippen molar-refractivity contribution in [3.05, 3.63) is 71.4 Å². The maximum Gasteiger partial charge on any atom is 0.416 e. The van der Waals surface area contributed by atoms with E-state index in [1.54, 1.807) is 10.7 Å². The fourth-order valence-electron chi connectivity index (χ4n) is 3.48. The highest BCUT2D eigenvalue weighted by molar-refractivity contribution is 7.89. The Hall–Kier alpha value is -3.18. The summed E-state index contributed by atoms with van der Waals surface area (Å²) in [5, 5.41) is 7.36. The third-order valence-corrected chi connectivity index (χ3v) is 7.38. The van der Waals surface area contributed by atoms with Crippen molar-refractivity contribution in [3.63, 3.8) is 0 Å². The number of amides is 1. The number of carbonyl (C=O) groups is 1. The standard InChI is InChI=1S/C25H29F3N4O3S/c1-6-31(36(34,35)20-12-8-10-18(14-20)25(26,27)28)16-23(33)29-22-15-21(24(3,4)5)30-32(22)19-11-7-9-17(2)13-19/h7-15H,6,16H2,1-5H3,(H,29,33). The van der Waals surface area contributed by atoms with E-state index in [4.69, 9.17) is 0 Å². The lowest BCUT2D eigenvalue weighted by Crippen LogP contribution is -2.38. The Morgan fingerprint density at radius 3 is 2.31 bits per heavy atom. The number of carbonyl (C=O) groups excluding carboxylic acids is 1. The molecule has 1 heterocycles. The van der Waals surface area contributed by atoms with Gasteiger partial charge in [0.2, 0.25) is 15.9 Å². The summed E-state index contributed by atoms with van der Waals surface area (Å²) in [6, 6.07) is 12.7. The van der Waals surface area contributed by atoms with E-state index >= 15 is 0 Å². The van der Waals surface area contributed by atoms with Gasteiger partial charge in [-0.15, -0.1) is 0 Å². The molecule has 11 heteroatoms. The Bertz CT molecular complexity index is 1360. The maximum atomic E-state index is 13.1. The van der Waals surface area contributed by atoms with Gasteiger partial charge < -0.3 is 5.32 Å². The minimum Gasteiger partial charge on any atom is -0.309 e. The van der Waals surface area contributed by atoms with E-state index in [1.807, 2.05) is 52.0 Å². The number of hydrogen-bond donors (Lipinski definition) is 1. The van der Waals surface area contributed by atoms with Crippen molar-refractivity contribution < 1.29 is 26.4 Å². The molecule has 194 valence electrons. The minimum absolute atomic E-state index is 0.115. The quantitative estimate of drug-likeness (QED) is 0.465. The van der Waals surface area contributed by atoms with Crippen LogP contribution in [-0.4, -0.2) is 41.5 Å². The monoisotopic (exact) mass is 522 g/mol. The van der Waals surface area contributed by atoms with Crippen LogP contribution in [0, 0.1) is 6.92 Å². The molecule has 0 radical (unpaired) electrons. The van der Waals surface area contributed by atoms with E-state index in [1.165, 1.54) is 6.92 Å². The van der Waals surface area contributed by atoms with Gasteiger partial charge >= 0.3 is 6.18 Å². The van der Waals surface area contributed by atoms with E-state index in [2.05, 4.69) is 10.4 Å². The lowest BCUT2D eigenvalue weighted by Gasteiger charge is -2.21. The lowest BCUT2D eigenvalue weighted by molar-refractivity contribution is -0.137. The molecule has 0 spiro atoms. The third kappa shape index (κ3) is 6.14. The number of aromatic nitrogens is 2. The molecule has 0 aliphatic rings. The fraction of sp³-hybridized carbons (Fsp3) is 0.360. The Morgan fingerprint density at radius 2 is 1.72 bits per heavy atom. The van der Waals surface area contributed by atoms with Gasteiger partial charge in [-0.25, -0.2) is 13.1 Å². The van der Waals surface area contributed by atoms with Crippen molar-refractivity contribution in [2.45, 2.75) is 51.1 Å². The number of benzene rings is 2. The molecule has 0 bridgehead atoms. The zero-order valence-corrected chi connectivity index (χ0v) is 21.5. The van der Waals surface area contributed by atoms with Crippen LogP contribution in [0.15, 0.2) is 59.5 Å². The number of halogens is 3. The highest BCUT2D eigenvalue weighted by Gasteiger charge is 2.33. The van der Waals surface area contributed by atoms with E-state index in [0.29, 0.717) is 23.3 Å². The molecule has 36 heavy (non-hydrogen) atoms. The largest absolute Gasteiger partial charge is 0.416 e. The molecular weight excluding hydrogens is 493 g/mol. The first-order chi connectivity index (χ1) is 16.6. The third-order valence-electron chi connectivity index (χ3n) is 5.46. The molecule has 3 aromatic rings. The second-order valence-corrected chi connectivity index (χ2v) is 11.4. The Balaban J connectivity index is 1.90. The predicted molar refractivity (Wildman–Crippen MR) is 132 cm³/mol. The van der Waals surface area contributed by atoms with Gasteiger partial charge in [0.1, 0.15) is 5.82 Å². The van der Waals surface area contributed by atoms with Gasteiger partial charge in [0.15, 0.2) is 0 Å². The summed E-state index contributed by atoms with van der Waals surface area (Å²) in [6.45, 7) is 8.65. The summed E-state index contributed by atoms with van der Waals surface area (Å²) in [5.41, 5.74) is 1.01. The van der Waals surface area contributed by atoms with Gasteiger partial charge in [-0.3, -0.25) is 4.79 Å². The number of anilines is 1. The number of aryl methyl sites for hydroxylation is 1. The minimum atomic E-state index is -4.70. The predicted octanol–water partition coefficient (Wildman–Crippen LogP) is 5.15. The van der Waals surface area contributed by atoms with Crippen LogP contribution in [0.25, 0.3) is 5.69 Å². The molecule has 0 aliphatic heterocycles. The van der Waals surface area contributed by atoms with Gasteiger partial charge in [0.05, 0.1) is 28.4 Å². The Kier molecular flexibility index (Phi) is 7.66. The van der Waals surface area contributed by atoms with Crippen molar-refractivity contribution in [2.24, 2.45) is 0 Å². The van der Waals surface area contributed by atoms with Crippen LogP contribution < -0.4 is 5.32 Å². The molecule has 1 N–H and O–H groups in total. The van der Waals surface area contributed by atoms with Crippen LogP contribution in [0.1, 0.15) is 44.5 Å². The summed E-state index contributed by atoms with van der Waals surface area (Å²) in [4.78, 5) is 12.4. The first-order valence-electron chi connectivity index (χ1n) is 11.3. The summed E-state index contributed by atoms with van der Waals surface area (Å²) >= 11 is 0. The second-order valence-electron chi connectivity index (χ2n) is 9.42.